The van der Waals surface area contributed by atoms with Crippen molar-refractivity contribution in [1.82, 2.24) is 0 Å². The average molecular weight is 246 g/mol. The van der Waals surface area contributed by atoms with Crippen molar-refractivity contribution in [2.45, 2.75) is 51.3 Å². The molecule has 15 heavy (non-hydrogen) atoms. The normalized spacial score (nSPS) is 20.9. The van der Waals surface area contributed by atoms with Crippen molar-refractivity contribution in [1.29, 1.82) is 5.26 Å². The first kappa shape index (κ1) is 13.0. The lowest BCUT2D eigenvalue weighted by Gasteiger charge is -2.31. The lowest BCUT2D eigenvalue weighted by molar-refractivity contribution is 0.146. The minimum Gasteiger partial charge on any atom is -0.400 e. The van der Waals surface area contributed by atoms with Crippen molar-refractivity contribution in [3.8, 4) is 6.07 Å². The van der Waals surface area contributed by atoms with E-state index in [0.717, 1.165) is 12.8 Å². The maximum absolute atomic E-state index is 9.14. The maximum Gasteiger partial charge on any atom is 0.203 e. The topological polar surface area (TPSA) is 33.0 Å². The fourth-order valence-electron chi connectivity index (χ4n) is 2.04. The van der Waals surface area contributed by atoms with Gasteiger partial charge in [0.05, 0.1) is 6.07 Å². The quantitative estimate of drug-likeness (QED) is 0.561. The molecule has 0 aromatic heterocycles. The third kappa shape index (κ3) is 4.14. The maximum atomic E-state index is 9.14. The van der Waals surface area contributed by atoms with Gasteiger partial charge in [-0.25, -0.2) is 0 Å². The Balaban J connectivity index is 2.51. The van der Waals surface area contributed by atoms with Gasteiger partial charge in [0.2, 0.25) is 8.32 Å². The summed E-state index contributed by atoms with van der Waals surface area (Å²) in [7, 11) is -1.80. The molecule has 0 radical (unpaired) electrons. The van der Waals surface area contributed by atoms with Gasteiger partial charge in [0.25, 0.3) is 0 Å². The van der Waals surface area contributed by atoms with Crippen LogP contribution in [0, 0.1) is 17.2 Å². The number of nitriles is 1. The number of halogens is 1. The van der Waals surface area contributed by atoms with E-state index in [2.05, 4.69) is 19.2 Å². The molecular formula is C11H20ClNOSi. The van der Waals surface area contributed by atoms with Gasteiger partial charge >= 0.3 is 0 Å². The van der Waals surface area contributed by atoms with Crippen LogP contribution in [-0.2, 0) is 4.43 Å². The Morgan fingerprint density at radius 2 is 2.00 bits per heavy atom. The molecule has 1 aliphatic rings. The Hall–Kier alpha value is -0.0431. The second-order valence-corrected chi connectivity index (χ2v) is 9.78. The Bertz CT molecular complexity index is 233. The first-order chi connectivity index (χ1) is 7.09. The van der Waals surface area contributed by atoms with Crippen molar-refractivity contribution in [2.24, 2.45) is 5.92 Å². The highest BCUT2D eigenvalue weighted by Gasteiger charge is 2.31. The van der Waals surface area contributed by atoms with E-state index >= 15 is 0 Å². The van der Waals surface area contributed by atoms with Crippen molar-refractivity contribution in [2.75, 3.05) is 5.50 Å². The molecule has 1 rings (SSSR count). The van der Waals surface area contributed by atoms with Crippen LogP contribution in [0.25, 0.3) is 0 Å². The molecule has 0 aromatic carbocycles. The number of hydrogen-bond donors (Lipinski definition) is 0. The summed E-state index contributed by atoms with van der Waals surface area (Å²) in [5, 5.41) is 9.14. The van der Waals surface area contributed by atoms with E-state index in [0.29, 0.717) is 11.4 Å². The van der Waals surface area contributed by atoms with E-state index in [-0.39, 0.29) is 6.10 Å². The van der Waals surface area contributed by atoms with Crippen LogP contribution in [0.4, 0.5) is 0 Å². The highest BCUT2D eigenvalue weighted by Crippen LogP contribution is 2.29. The zero-order valence-corrected chi connectivity index (χ0v) is 11.4. The third-order valence-corrected chi connectivity index (χ3v) is 6.44. The number of rotatable bonds is 4. The lowest BCUT2D eigenvalue weighted by Crippen LogP contribution is -2.40. The average Bonchev–Trinajstić information content (AvgIpc) is 2.27. The van der Waals surface area contributed by atoms with Crippen LogP contribution in [0.2, 0.25) is 13.1 Å². The van der Waals surface area contributed by atoms with Gasteiger partial charge in [0.1, 0.15) is 6.10 Å². The monoisotopic (exact) mass is 245 g/mol. The third-order valence-electron chi connectivity index (χ3n) is 2.97. The molecule has 1 fully saturated rings. The lowest BCUT2D eigenvalue weighted by atomic mass is 9.86. The largest absolute Gasteiger partial charge is 0.400 e. The van der Waals surface area contributed by atoms with E-state index in [1.165, 1.54) is 19.3 Å². The van der Waals surface area contributed by atoms with Crippen LogP contribution in [0.5, 0.6) is 0 Å². The SMILES string of the molecule is C[Si](C)(CCl)OC(C#N)C1CCCCC1. The van der Waals surface area contributed by atoms with Crippen LogP contribution < -0.4 is 0 Å². The van der Waals surface area contributed by atoms with Crippen molar-refractivity contribution in [3.63, 3.8) is 0 Å². The number of hydrogen-bond acceptors (Lipinski definition) is 2. The van der Waals surface area contributed by atoms with Gasteiger partial charge in [-0.15, -0.1) is 11.6 Å². The van der Waals surface area contributed by atoms with E-state index in [1.54, 1.807) is 0 Å². The summed E-state index contributed by atoms with van der Waals surface area (Å²) in [5.41, 5.74) is 0.567. The molecule has 0 heterocycles. The zero-order valence-electron chi connectivity index (χ0n) is 9.63. The Morgan fingerprint density at radius 3 is 2.47 bits per heavy atom. The first-order valence-electron chi connectivity index (χ1n) is 5.72. The second kappa shape index (κ2) is 5.88. The van der Waals surface area contributed by atoms with E-state index in [1.807, 2.05) is 0 Å². The van der Waals surface area contributed by atoms with Crippen LogP contribution in [-0.4, -0.2) is 19.9 Å². The van der Waals surface area contributed by atoms with Gasteiger partial charge in [0, 0.05) is 5.50 Å². The highest BCUT2D eigenvalue weighted by molar-refractivity contribution is 6.77. The summed E-state index contributed by atoms with van der Waals surface area (Å²) in [6.45, 7) is 4.15. The standard InChI is InChI=1S/C11H20ClNOSi/c1-15(2,9-12)14-11(8-13)10-6-4-3-5-7-10/h10-11H,3-7,9H2,1-2H3. The molecule has 1 aliphatic carbocycles. The van der Waals surface area contributed by atoms with E-state index in [9.17, 15) is 0 Å². The molecule has 0 amide bonds. The summed E-state index contributed by atoms with van der Waals surface area (Å²) in [6.07, 6.45) is 5.87. The van der Waals surface area contributed by atoms with Crippen LogP contribution >= 0.6 is 11.6 Å². The summed E-state index contributed by atoms with van der Waals surface area (Å²) in [6, 6.07) is 2.32. The molecular weight excluding hydrogens is 226 g/mol. The van der Waals surface area contributed by atoms with Crippen molar-refractivity contribution < 1.29 is 4.43 Å². The summed E-state index contributed by atoms with van der Waals surface area (Å²) < 4.78 is 5.92. The fraction of sp³-hybridized carbons (Fsp3) is 0.909. The molecule has 1 atom stereocenters. The molecule has 1 saturated carbocycles. The molecule has 0 N–H and O–H groups in total. The van der Waals surface area contributed by atoms with Gasteiger partial charge in [-0.1, -0.05) is 19.3 Å². The van der Waals surface area contributed by atoms with E-state index in [4.69, 9.17) is 21.3 Å². The molecule has 86 valence electrons. The molecule has 0 saturated heterocycles. The van der Waals surface area contributed by atoms with Gasteiger partial charge < -0.3 is 4.43 Å². The molecule has 0 aromatic rings. The number of nitrogens with zero attached hydrogens (tertiary/aromatic N) is 1. The van der Waals surface area contributed by atoms with Gasteiger partial charge in [-0.2, -0.15) is 5.26 Å². The van der Waals surface area contributed by atoms with Crippen molar-refractivity contribution >= 4 is 19.9 Å². The summed E-state index contributed by atoms with van der Waals surface area (Å²) in [5.74, 6) is 0.443. The molecule has 0 aliphatic heterocycles. The molecule has 1 unspecified atom stereocenters. The van der Waals surface area contributed by atoms with Crippen LogP contribution in [0.1, 0.15) is 32.1 Å². The van der Waals surface area contributed by atoms with Crippen molar-refractivity contribution in [3.05, 3.63) is 0 Å². The smallest absolute Gasteiger partial charge is 0.203 e. The first-order valence-corrected chi connectivity index (χ1v) is 9.37. The minimum atomic E-state index is -1.80. The van der Waals surface area contributed by atoms with Gasteiger partial charge in [-0.3, -0.25) is 0 Å². The fourth-order valence-corrected chi connectivity index (χ4v) is 3.22. The summed E-state index contributed by atoms with van der Waals surface area (Å²) >= 11 is 5.86. The second-order valence-electron chi connectivity index (χ2n) is 4.96. The van der Waals surface area contributed by atoms with Crippen LogP contribution in [0.15, 0.2) is 0 Å². The van der Waals surface area contributed by atoms with E-state index < -0.39 is 8.32 Å². The molecule has 0 bridgehead atoms. The summed E-state index contributed by atoms with van der Waals surface area (Å²) in [4.78, 5) is 0. The van der Waals surface area contributed by atoms with Gasteiger partial charge in [0.15, 0.2) is 0 Å². The Morgan fingerprint density at radius 1 is 1.40 bits per heavy atom. The minimum absolute atomic E-state index is 0.217. The van der Waals surface area contributed by atoms with Gasteiger partial charge in [-0.05, 0) is 31.9 Å². The van der Waals surface area contributed by atoms with Crippen LogP contribution in [0.3, 0.4) is 0 Å². The predicted molar refractivity (Wildman–Crippen MR) is 65.3 cm³/mol. The highest BCUT2D eigenvalue weighted by atomic mass is 35.5. The number of alkyl halides is 1. The molecule has 2 nitrogen and oxygen atoms in total. The Kier molecular flexibility index (Phi) is 5.11. The molecule has 0 spiro atoms. The Labute approximate surface area is 98.7 Å². The molecule has 4 heteroatoms. The predicted octanol–water partition coefficient (Wildman–Crippen LogP) is 3.46. The zero-order chi connectivity index (χ0) is 11.3.